The summed E-state index contributed by atoms with van der Waals surface area (Å²) >= 11 is 1.49. The fourth-order valence-electron chi connectivity index (χ4n) is 1.25. The molecule has 0 spiro atoms. The maximum absolute atomic E-state index is 9.04. The largest absolute Gasteiger partial charge is 0.342 e. The lowest BCUT2D eigenvalue weighted by Gasteiger charge is -2.09. The Balaban J connectivity index is 2.16. The lowest BCUT2D eigenvalue weighted by Crippen LogP contribution is -2.07. The Bertz CT molecular complexity index is 444. The molecule has 4 heteroatoms. The first-order valence-electron chi connectivity index (χ1n) is 4.51. The van der Waals surface area contributed by atoms with Gasteiger partial charge in [0.2, 0.25) is 0 Å². The quantitative estimate of drug-likeness (QED) is 0.856. The van der Waals surface area contributed by atoms with E-state index in [4.69, 9.17) is 5.26 Å². The maximum atomic E-state index is 9.04. The molecule has 0 aliphatic heterocycles. The van der Waals surface area contributed by atoms with E-state index in [1.54, 1.807) is 6.20 Å². The molecular weight excluding hydrogens is 206 g/mol. The molecule has 1 atom stereocenters. The van der Waals surface area contributed by atoms with Gasteiger partial charge in [0.25, 0.3) is 0 Å². The van der Waals surface area contributed by atoms with Gasteiger partial charge in [-0.1, -0.05) is 30.3 Å². The van der Waals surface area contributed by atoms with Crippen molar-refractivity contribution in [2.75, 3.05) is 5.32 Å². The van der Waals surface area contributed by atoms with Crippen molar-refractivity contribution in [3.63, 3.8) is 0 Å². The first-order valence-corrected chi connectivity index (χ1v) is 5.38. The molecule has 0 saturated heterocycles. The lowest BCUT2D eigenvalue weighted by atomic mass is 10.1. The summed E-state index contributed by atoms with van der Waals surface area (Å²) in [7, 11) is 0. The van der Waals surface area contributed by atoms with Crippen molar-refractivity contribution in [3.05, 3.63) is 47.5 Å². The summed E-state index contributed by atoms with van der Waals surface area (Å²) < 4.78 is 0. The Morgan fingerprint density at radius 3 is 2.73 bits per heavy atom. The molecule has 0 saturated carbocycles. The zero-order chi connectivity index (χ0) is 10.5. The number of hydrogen-bond acceptors (Lipinski definition) is 4. The van der Waals surface area contributed by atoms with Gasteiger partial charge in [-0.05, 0) is 5.56 Å². The molecule has 1 unspecified atom stereocenters. The molecule has 0 amide bonds. The minimum atomic E-state index is -0.336. The molecule has 0 bridgehead atoms. The lowest BCUT2D eigenvalue weighted by molar-refractivity contribution is 0.992. The van der Waals surface area contributed by atoms with Gasteiger partial charge >= 0.3 is 0 Å². The second kappa shape index (κ2) is 4.58. The summed E-state index contributed by atoms with van der Waals surface area (Å²) in [5.74, 6) is 0. The molecule has 1 aromatic heterocycles. The van der Waals surface area contributed by atoms with Gasteiger partial charge in [0.15, 0.2) is 5.13 Å². The minimum Gasteiger partial charge on any atom is -0.342 e. The van der Waals surface area contributed by atoms with Crippen molar-refractivity contribution >= 4 is 16.5 Å². The van der Waals surface area contributed by atoms with E-state index in [0.29, 0.717) is 0 Å². The van der Waals surface area contributed by atoms with Crippen molar-refractivity contribution in [1.29, 1.82) is 5.26 Å². The van der Waals surface area contributed by atoms with Gasteiger partial charge in [-0.2, -0.15) is 5.26 Å². The van der Waals surface area contributed by atoms with Gasteiger partial charge in [-0.15, -0.1) is 11.3 Å². The molecule has 15 heavy (non-hydrogen) atoms. The zero-order valence-corrected chi connectivity index (χ0v) is 8.74. The Hall–Kier alpha value is -1.86. The van der Waals surface area contributed by atoms with Gasteiger partial charge in [-0.25, -0.2) is 4.98 Å². The van der Waals surface area contributed by atoms with Gasteiger partial charge in [-0.3, -0.25) is 0 Å². The fourth-order valence-corrected chi connectivity index (χ4v) is 1.81. The van der Waals surface area contributed by atoms with Crippen molar-refractivity contribution in [2.24, 2.45) is 0 Å². The van der Waals surface area contributed by atoms with Crippen LogP contribution >= 0.6 is 11.3 Å². The van der Waals surface area contributed by atoms with E-state index >= 15 is 0 Å². The van der Waals surface area contributed by atoms with Crippen molar-refractivity contribution < 1.29 is 0 Å². The van der Waals surface area contributed by atoms with Crippen LogP contribution in [0.4, 0.5) is 5.13 Å². The van der Waals surface area contributed by atoms with Crippen LogP contribution in [0.2, 0.25) is 0 Å². The number of rotatable bonds is 3. The Morgan fingerprint density at radius 1 is 1.33 bits per heavy atom. The number of thiazole rings is 1. The third-order valence-corrected chi connectivity index (χ3v) is 2.67. The first kappa shape index (κ1) is 9.69. The highest BCUT2D eigenvalue weighted by molar-refractivity contribution is 7.13. The second-order valence-corrected chi connectivity index (χ2v) is 3.85. The monoisotopic (exact) mass is 215 g/mol. The number of anilines is 1. The van der Waals surface area contributed by atoms with E-state index in [0.717, 1.165) is 10.7 Å². The minimum absolute atomic E-state index is 0.336. The molecule has 0 radical (unpaired) electrons. The molecule has 1 aromatic carbocycles. The van der Waals surface area contributed by atoms with Crippen LogP contribution in [0.3, 0.4) is 0 Å². The van der Waals surface area contributed by atoms with E-state index in [1.807, 2.05) is 35.7 Å². The smallest absolute Gasteiger partial charge is 0.183 e. The number of nitriles is 1. The van der Waals surface area contributed by atoms with E-state index in [1.165, 1.54) is 11.3 Å². The van der Waals surface area contributed by atoms with Crippen LogP contribution in [0.1, 0.15) is 11.6 Å². The van der Waals surface area contributed by atoms with E-state index < -0.39 is 0 Å². The summed E-state index contributed by atoms with van der Waals surface area (Å²) in [6.07, 6.45) is 1.71. The number of hydrogen-bond donors (Lipinski definition) is 1. The summed E-state index contributed by atoms with van der Waals surface area (Å²) in [5, 5.41) is 14.8. The zero-order valence-electron chi connectivity index (χ0n) is 7.92. The first-order chi connectivity index (χ1) is 7.40. The van der Waals surface area contributed by atoms with Gasteiger partial charge in [0.05, 0.1) is 6.07 Å². The SMILES string of the molecule is N#CC(Nc1nccs1)c1ccccc1. The predicted molar refractivity (Wildman–Crippen MR) is 60.5 cm³/mol. The average molecular weight is 215 g/mol. The third kappa shape index (κ3) is 2.33. The van der Waals surface area contributed by atoms with E-state index in [-0.39, 0.29) is 6.04 Å². The van der Waals surface area contributed by atoms with Crippen LogP contribution in [0, 0.1) is 11.3 Å². The highest BCUT2D eigenvalue weighted by Gasteiger charge is 2.10. The summed E-state index contributed by atoms with van der Waals surface area (Å²) in [4.78, 5) is 4.09. The molecule has 74 valence electrons. The highest BCUT2D eigenvalue weighted by atomic mass is 32.1. The Kier molecular flexibility index (Phi) is 2.96. The molecule has 1 heterocycles. The summed E-state index contributed by atoms with van der Waals surface area (Å²) in [5.41, 5.74) is 0.954. The molecule has 3 nitrogen and oxygen atoms in total. The molecule has 0 aliphatic rings. The normalized spacial score (nSPS) is 11.7. The van der Waals surface area contributed by atoms with E-state index in [9.17, 15) is 0 Å². The molecular formula is C11H9N3S. The van der Waals surface area contributed by atoms with Crippen molar-refractivity contribution in [1.82, 2.24) is 4.98 Å². The van der Waals surface area contributed by atoms with Gasteiger partial charge < -0.3 is 5.32 Å². The molecule has 1 N–H and O–H groups in total. The highest BCUT2D eigenvalue weighted by Crippen LogP contribution is 2.20. The van der Waals surface area contributed by atoms with Crippen LogP contribution in [-0.4, -0.2) is 4.98 Å². The standard InChI is InChI=1S/C11H9N3S/c12-8-10(9-4-2-1-3-5-9)14-11-13-6-7-15-11/h1-7,10H,(H,13,14). The molecule has 0 fully saturated rings. The second-order valence-electron chi connectivity index (χ2n) is 2.95. The number of benzene rings is 1. The fraction of sp³-hybridized carbons (Fsp3) is 0.0909. The molecule has 0 aliphatic carbocycles. The van der Waals surface area contributed by atoms with Crippen LogP contribution in [-0.2, 0) is 0 Å². The predicted octanol–water partition coefficient (Wildman–Crippen LogP) is 2.82. The number of nitrogens with one attached hydrogen (secondary N) is 1. The van der Waals surface area contributed by atoms with Crippen molar-refractivity contribution in [2.45, 2.75) is 6.04 Å². The van der Waals surface area contributed by atoms with Crippen LogP contribution in [0.15, 0.2) is 41.9 Å². The third-order valence-electron chi connectivity index (χ3n) is 1.96. The van der Waals surface area contributed by atoms with Crippen LogP contribution < -0.4 is 5.32 Å². The van der Waals surface area contributed by atoms with Crippen LogP contribution in [0.25, 0.3) is 0 Å². The molecule has 2 aromatic rings. The Labute approximate surface area is 92.0 Å². The maximum Gasteiger partial charge on any atom is 0.183 e. The topological polar surface area (TPSA) is 48.7 Å². The number of aromatic nitrogens is 1. The van der Waals surface area contributed by atoms with E-state index in [2.05, 4.69) is 16.4 Å². The average Bonchev–Trinajstić information content (AvgIpc) is 2.80. The molecule has 2 rings (SSSR count). The Morgan fingerprint density at radius 2 is 2.13 bits per heavy atom. The van der Waals surface area contributed by atoms with Crippen molar-refractivity contribution in [3.8, 4) is 6.07 Å². The van der Waals surface area contributed by atoms with Crippen LogP contribution in [0.5, 0.6) is 0 Å². The van der Waals surface area contributed by atoms with Gasteiger partial charge in [0.1, 0.15) is 6.04 Å². The summed E-state index contributed by atoms with van der Waals surface area (Å²) in [6.45, 7) is 0. The summed E-state index contributed by atoms with van der Waals surface area (Å²) in [6, 6.07) is 11.5. The number of nitrogens with zero attached hydrogens (tertiary/aromatic N) is 2. The van der Waals surface area contributed by atoms with Gasteiger partial charge in [0, 0.05) is 11.6 Å².